The van der Waals surface area contributed by atoms with Crippen LogP contribution in [-0.2, 0) is 44.2 Å². The summed E-state index contributed by atoms with van der Waals surface area (Å²) in [7, 11) is 0. The number of fused-ring (bicyclic) bond motifs is 3. The number of aryl methyl sites for hydroxylation is 1. The van der Waals surface area contributed by atoms with E-state index in [0.29, 0.717) is 19.6 Å². The molecule has 2 aliphatic rings. The fourth-order valence-corrected chi connectivity index (χ4v) is 6.27. The van der Waals surface area contributed by atoms with Crippen molar-refractivity contribution in [3.8, 4) is 0 Å². The molecule has 0 aliphatic carbocycles. The van der Waals surface area contributed by atoms with Crippen LogP contribution in [0.4, 0.5) is 0 Å². The summed E-state index contributed by atoms with van der Waals surface area (Å²) < 4.78 is 31.7. The lowest BCUT2D eigenvalue weighted by atomic mass is 9.90. The summed E-state index contributed by atoms with van der Waals surface area (Å²) in [6, 6.07) is 13.5. The smallest absolute Gasteiger partial charge is 0.198 e. The maximum absolute atomic E-state index is 6.74. The molecule has 0 saturated carbocycles. The molecule has 1 saturated heterocycles. The molecule has 5 rings (SSSR count). The summed E-state index contributed by atoms with van der Waals surface area (Å²) in [4.78, 5) is 0. The van der Waals surface area contributed by atoms with Gasteiger partial charge in [-0.1, -0.05) is 57.9 Å². The molecule has 3 atom stereocenters. The molecule has 2 aromatic carbocycles. The predicted octanol–water partition coefficient (Wildman–Crippen LogP) is 7.31. The van der Waals surface area contributed by atoms with Gasteiger partial charge in [0.2, 0.25) is 0 Å². The summed E-state index contributed by atoms with van der Waals surface area (Å²) in [6.07, 6.45) is 7.90. The monoisotopic (exact) mass is 523 g/mol. The molecule has 0 unspecified atom stereocenters. The van der Waals surface area contributed by atoms with Crippen molar-refractivity contribution in [2.45, 2.75) is 96.7 Å². The Kier molecular flexibility index (Phi) is 8.93. The quantitative estimate of drug-likeness (QED) is 0.233. The number of hydrogen-bond donors (Lipinski definition) is 0. The first-order chi connectivity index (χ1) is 18.1. The zero-order valence-corrected chi connectivity index (χ0v) is 23.4. The minimum absolute atomic E-state index is 0.0453. The Balaban J connectivity index is 1.41. The van der Waals surface area contributed by atoms with Gasteiger partial charge in [-0.05, 0) is 59.6 Å². The maximum Gasteiger partial charge on any atom is 0.198 e. The third-order valence-corrected chi connectivity index (χ3v) is 8.47. The Labute approximate surface area is 225 Å². The van der Waals surface area contributed by atoms with Crippen LogP contribution in [0.1, 0.15) is 87.2 Å². The van der Waals surface area contributed by atoms with E-state index in [0.717, 1.165) is 69.4 Å². The summed E-state index contributed by atoms with van der Waals surface area (Å²) in [6.45, 7) is 9.26. The molecular formula is C31H41NO4S. The summed E-state index contributed by atoms with van der Waals surface area (Å²) in [5, 5.41) is 1.21. The molecule has 0 amide bonds. The largest absolute Gasteiger partial charge is 0.379 e. The third-order valence-electron chi connectivity index (χ3n) is 7.62. The van der Waals surface area contributed by atoms with Crippen LogP contribution >= 0.6 is 11.5 Å². The highest BCUT2D eigenvalue weighted by molar-refractivity contribution is 7.13. The van der Waals surface area contributed by atoms with E-state index in [1.54, 1.807) is 11.5 Å². The Morgan fingerprint density at radius 1 is 1.03 bits per heavy atom. The van der Waals surface area contributed by atoms with Crippen molar-refractivity contribution < 1.29 is 18.9 Å². The molecule has 37 heavy (non-hydrogen) atoms. The van der Waals surface area contributed by atoms with Crippen LogP contribution in [0.25, 0.3) is 10.1 Å². The van der Waals surface area contributed by atoms with Gasteiger partial charge in [0.25, 0.3) is 0 Å². The van der Waals surface area contributed by atoms with E-state index in [1.165, 1.54) is 26.8 Å². The fraction of sp³-hybridized carbons (Fsp3) is 0.581. The highest BCUT2D eigenvalue weighted by atomic mass is 32.1. The van der Waals surface area contributed by atoms with Crippen LogP contribution in [0.2, 0.25) is 0 Å². The van der Waals surface area contributed by atoms with E-state index in [1.807, 2.05) is 0 Å². The van der Waals surface area contributed by atoms with Crippen molar-refractivity contribution in [3.05, 3.63) is 64.3 Å². The molecule has 1 aromatic heterocycles. The van der Waals surface area contributed by atoms with Crippen molar-refractivity contribution in [2.24, 2.45) is 0 Å². The summed E-state index contributed by atoms with van der Waals surface area (Å²) >= 11 is 1.58. The Morgan fingerprint density at radius 3 is 2.59 bits per heavy atom. The van der Waals surface area contributed by atoms with Crippen molar-refractivity contribution in [1.29, 1.82) is 0 Å². The molecule has 5 nitrogen and oxygen atoms in total. The molecule has 3 heterocycles. The van der Waals surface area contributed by atoms with E-state index in [2.05, 4.69) is 57.2 Å². The van der Waals surface area contributed by atoms with Gasteiger partial charge in [-0.25, -0.2) is 0 Å². The van der Waals surface area contributed by atoms with Crippen LogP contribution in [0.3, 0.4) is 0 Å². The minimum atomic E-state index is -0.778. The molecule has 0 radical (unpaired) electrons. The third kappa shape index (κ3) is 6.10. The normalized spacial score (nSPS) is 23.2. The van der Waals surface area contributed by atoms with E-state index < -0.39 is 5.79 Å². The van der Waals surface area contributed by atoms with Gasteiger partial charge in [-0.15, -0.1) is 0 Å². The van der Waals surface area contributed by atoms with Gasteiger partial charge >= 0.3 is 0 Å². The van der Waals surface area contributed by atoms with Gasteiger partial charge in [0, 0.05) is 43.4 Å². The highest BCUT2D eigenvalue weighted by Crippen LogP contribution is 2.48. The van der Waals surface area contributed by atoms with Crippen LogP contribution in [-0.4, -0.2) is 36.4 Å². The summed E-state index contributed by atoms with van der Waals surface area (Å²) in [5.41, 5.74) is 6.13. The molecule has 6 heteroatoms. The second-order valence-corrected chi connectivity index (χ2v) is 11.3. The van der Waals surface area contributed by atoms with Crippen molar-refractivity contribution in [1.82, 2.24) is 4.37 Å². The van der Waals surface area contributed by atoms with Gasteiger partial charge in [0.1, 0.15) is 0 Å². The van der Waals surface area contributed by atoms with Crippen LogP contribution in [0.5, 0.6) is 0 Å². The number of rotatable bonds is 12. The molecule has 1 spiro atoms. The molecule has 0 bridgehead atoms. The topological polar surface area (TPSA) is 49.8 Å². The average Bonchev–Trinajstić information content (AvgIpc) is 3.46. The lowest BCUT2D eigenvalue weighted by Crippen LogP contribution is -2.46. The highest BCUT2D eigenvalue weighted by Gasteiger charge is 2.49. The van der Waals surface area contributed by atoms with Gasteiger partial charge in [0.05, 0.1) is 35.8 Å². The average molecular weight is 524 g/mol. The number of nitrogens with zero attached hydrogens (tertiary/aromatic N) is 1. The number of benzene rings is 2. The van der Waals surface area contributed by atoms with E-state index in [-0.39, 0.29) is 12.2 Å². The zero-order chi connectivity index (χ0) is 25.7. The Morgan fingerprint density at radius 2 is 1.81 bits per heavy atom. The van der Waals surface area contributed by atoms with Crippen LogP contribution in [0, 0.1) is 0 Å². The lowest BCUT2D eigenvalue weighted by Gasteiger charge is -2.42. The Bertz CT molecular complexity index is 1160. The van der Waals surface area contributed by atoms with E-state index in [4.69, 9.17) is 23.3 Å². The second-order valence-electron chi connectivity index (χ2n) is 10.5. The van der Waals surface area contributed by atoms with Crippen LogP contribution in [0.15, 0.2) is 36.4 Å². The minimum Gasteiger partial charge on any atom is -0.379 e. The first-order valence-corrected chi connectivity index (χ1v) is 14.9. The molecule has 2 aliphatic heterocycles. The number of unbranched alkanes of at least 4 members (excludes halogenated alkanes) is 2. The maximum atomic E-state index is 6.74. The van der Waals surface area contributed by atoms with Crippen molar-refractivity contribution >= 4 is 21.6 Å². The molecule has 1 fully saturated rings. The SMILES string of the molecule is CCCCOC[C@@H]1C[C@H](OCCCC)C[C@@]2(OCc3cc4snc(Cc5ccc(CC)cc5)c4cc32)O1. The van der Waals surface area contributed by atoms with Crippen molar-refractivity contribution in [3.63, 3.8) is 0 Å². The molecule has 200 valence electrons. The van der Waals surface area contributed by atoms with Gasteiger partial charge < -0.3 is 18.9 Å². The van der Waals surface area contributed by atoms with Crippen LogP contribution < -0.4 is 0 Å². The first-order valence-electron chi connectivity index (χ1n) is 14.1. The lowest BCUT2D eigenvalue weighted by molar-refractivity contribution is -0.308. The number of ether oxygens (including phenoxy) is 4. The fourth-order valence-electron chi connectivity index (χ4n) is 5.43. The zero-order valence-electron chi connectivity index (χ0n) is 22.6. The number of aromatic nitrogens is 1. The molecule has 3 aromatic rings. The number of hydrogen-bond acceptors (Lipinski definition) is 6. The Hall–Kier alpha value is -1.83. The second kappa shape index (κ2) is 12.4. The molecule has 0 N–H and O–H groups in total. The van der Waals surface area contributed by atoms with E-state index in [9.17, 15) is 0 Å². The van der Waals surface area contributed by atoms with Gasteiger partial charge in [-0.3, -0.25) is 0 Å². The van der Waals surface area contributed by atoms with Gasteiger partial charge in [-0.2, -0.15) is 4.37 Å². The van der Waals surface area contributed by atoms with Gasteiger partial charge in [0.15, 0.2) is 5.79 Å². The molecular weight excluding hydrogens is 482 g/mol. The first kappa shape index (κ1) is 26.8. The van der Waals surface area contributed by atoms with Crippen molar-refractivity contribution in [2.75, 3.05) is 19.8 Å². The standard InChI is InChI=1S/C31H41NO4S/c1-4-7-13-33-21-26-17-25(34-14-8-5-2)19-31(36-26)28-18-27-29(15-23-11-9-22(6-3)10-12-23)32-37-30(27)16-24(28)20-35-31/h9-12,16,18,25-26H,4-8,13-15,17,19-21H2,1-3H3/t25-,26-,31+/m0/s1. The van der Waals surface area contributed by atoms with E-state index >= 15 is 0 Å². The summed E-state index contributed by atoms with van der Waals surface area (Å²) in [5.74, 6) is -0.778. The predicted molar refractivity (Wildman–Crippen MR) is 149 cm³/mol.